The summed E-state index contributed by atoms with van der Waals surface area (Å²) in [6, 6.07) is 2.08. The maximum Gasteiger partial charge on any atom is 0.146 e. The first-order valence-electron chi connectivity index (χ1n) is 6.49. The van der Waals surface area contributed by atoms with E-state index < -0.39 is 0 Å². The van der Waals surface area contributed by atoms with Crippen molar-refractivity contribution in [3.05, 3.63) is 5.56 Å². The average Bonchev–Trinajstić information content (AvgIpc) is 2.70. The lowest BCUT2D eigenvalue weighted by Gasteiger charge is -2.26. The summed E-state index contributed by atoms with van der Waals surface area (Å²) in [7, 11) is 7.44. The van der Waals surface area contributed by atoms with E-state index in [-0.39, 0.29) is 7.02 Å². The second-order valence-corrected chi connectivity index (χ2v) is 4.58. The summed E-state index contributed by atoms with van der Waals surface area (Å²) in [6.07, 6.45) is 1.01. The van der Waals surface area contributed by atoms with E-state index in [1.54, 1.807) is 11.7 Å². The van der Waals surface area contributed by atoms with Crippen LogP contribution in [0.1, 0.15) is 13.4 Å². The van der Waals surface area contributed by atoms with Crippen LogP contribution in [0.25, 0.3) is 0 Å². The Morgan fingerprint density at radius 2 is 2.26 bits per heavy atom. The molecule has 0 spiro atoms. The van der Waals surface area contributed by atoms with Crippen LogP contribution in [-0.4, -0.2) is 61.9 Å². The number of morpholine rings is 1. The van der Waals surface area contributed by atoms with Gasteiger partial charge in [0.1, 0.15) is 25.3 Å². The third-order valence-electron chi connectivity index (χ3n) is 3.23. The Bertz CT molecular complexity index is 467. The molecule has 6 nitrogen and oxygen atoms in total. The van der Waals surface area contributed by atoms with Crippen LogP contribution < -0.4 is 10.9 Å². The number of aryl methyl sites for hydroxylation is 1. The van der Waals surface area contributed by atoms with Crippen LogP contribution in [0.2, 0.25) is 0 Å². The van der Waals surface area contributed by atoms with Gasteiger partial charge < -0.3 is 10.1 Å². The van der Waals surface area contributed by atoms with Crippen LogP contribution in [0.15, 0.2) is 0 Å². The number of nitrogens with zero attached hydrogens (tertiary/aromatic N) is 4. The molecule has 1 N–H and O–H groups in total. The summed E-state index contributed by atoms with van der Waals surface area (Å²) in [4.78, 5) is 2.38. The highest BCUT2D eigenvalue weighted by atomic mass is 16.5. The molecule has 0 aliphatic carbocycles. The fourth-order valence-corrected chi connectivity index (χ4v) is 2.19. The van der Waals surface area contributed by atoms with E-state index in [4.69, 9.17) is 17.8 Å². The van der Waals surface area contributed by atoms with Crippen LogP contribution in [0.4, 0.5) is 5.82 Å². The molecule has 2 radical (unpaired) electrons. The number of rotatable bonds is 5. The van der Waals surface area contributed by atoms with E-state index in [1.165, 1.54) is 0 Å². The highest BCUT2D eigenvalue weighted by Crippen LogP contribution is 2.10. The number of nitrogens with one attached hydrogen (secondary N) is 1. The fraction of sp³-hybridized carbons (Fsp3) is 0.667. The van der Waals surface area contributed by atoms with Gasteiger partial charge in [0.25, 0.3) is 0 Å². The average molecular weight is 261 g/mol. The molecule has 2 rings (SSSR count). The second-order valence-electron chi connectivity index (χ2n) is 4.58. The summed E-state index contributed by atoms with van der Waals surface area (Å²) in [6.45, 7) is 5.48. The van der Waals surface area contributed by atoms with Crippen molar-refractivity contribution < 1.29 is 6.16 Å². The van der Waals surface area contributed by atoms with Gasteiger partial charge in [0.15, 0.2) is 0 Å². The molecule has 0 amide bonds. The Balaban J connectivity index is 0.00000200. The zero-order chi connectivity index (χ0) is 13.7. The predicted molar refractivity (Wildman–Crippen MR) is 75.8 cm³/mol. The van der Waals surface area contributed by atoms with Crippen molar-refractivity contribution in [1.82, 2.24) is 14.7 Å². The van der Waals surface area contributed by atoms with Crippen molar-refractivity contribution in [3.8, 4) is 6.07 Å². The third-order valence-corrected chi connectivity index (χ3v) is 3.23. The summed E-state index contributed by atoms with van der Waals surface area (Å²) in [5.41, 5.74) is 0.703. The maximum absolute atomic E-state index is 9.03. The molecule has 0 unspecified atom stereocenters. The first kappa shape index (κ1) is 13.9. The largest absolute Gasteiger partial charge is 0.379 e. The molecule has 1 aliphatic heterocycles. The number of nitriles is 1. The highest BCUT2D eigenvalue weighted by Gasteiger charge is 2.12. The molecule has 102 valence electrons. The van der Waals surface area contributed by atoms with Crippen molar-refractivity contribution in [2.75, 3.05) is 44.7 Å². The molecule has 2 heterocycles. The van der Waals surface area contributed by atoms with Gasteiger partial charge in [-0.25, -0.2) is 0 Å². The molecule has 1 saturated heterocycles. The first-order chi connectivity index (χ1) is 9.22. The lowest BCUT2D eigenvalue weighted by atomic mass is 10.0. The topological polar surface area (TPSA) is 66.1 Å². The lowest BCUT2D eigenvalue weighted by Crippen LogP contribution is -2.37. The van der Waals surface area contributed by atoms with E-state index in [2.05, 4.69) is 21.4 Å². The summed E-state index contributed by atoms with van der Waals surface area (Å²) in [5.74, 6) is 0.696. The summed E-state index contributed by atoms with van der Waals surface area (Å²) in [5, 5.41) is 16.3. The van der Waals surface area contributed by atoms with Crippen LogP contribution in [0.5, 0.6) is 0 Å². The molecule has 0 atom stereocenters. The molecule has 1 aromatic heterocycles. The SMILES string of the molecule is [B]c1nn(C)c(NCCCN2CCOCC2)c1C#N.[HH]. The highest BCUT2D eigenvalue weighted by molar-refractivity contribution is 6.32. The monoisotopic (exact) mass is 261 g/mol. The van der Waals surface area contributed by atoms with Gasteiger partial charge in [-0.05, 0) is 13.0 Å². The van der Waals surface area contributed by atoms with Crippen molar-refractivity contribution >= 4 is 19.3 Å². The fourth-order valence-electron chi connectivity index (χ4n) is 2.19. The van der Waals surface area contributed by atoms with Gasteiger partial charge in [0.2, 0.25) is 0 Å². The zero-order valence-electron chi connectivity index (χ0n) is 11.2. The summed E-state index contributed by atoms with van der Waals surface area (Å²) < 4.78 is 6.92. The van der Waals surface area contributed by atoms with Gasteiger partial charge in [0, 0.05) is 33.7 Å². The Morgan fingerprint density at radius 1 is 1.53 bits per heavy atom. The smallest absolute Gasteiger partial charge is 0.146 e. The van der Waals surface area contributed by atoms with Gasteiger partial charge in [-0.2, -0.15) is 10.4 Å². The standard InChI is InChI=1S/C12H18BN5O.H2/c1-17-12(10(9-14)11(13)16-17)15-3-2-4-18-5-7-19-8-6-18;/h15H,2-8H2,1H3;1H. The second kappa shape index (κ2) is 6.59. The minimum absolute atomic E-state index is 0. The van der Waals surface area contributed by atoms with Crippen LogP contribution in [-0.2, 0) is 11.8 Å². The first-order valence-corrected chi connectivity index (χ1v) is 6.49. The molecule has 7 heteroatoms. The minimum Gasteiger partial charge on any atom is -0.379 e. The normalized spacial score (nSPS) is 16.2. The molecule has 0 bridgehead atoms. The third kappa shape index (κ3) is 3.49. The van der Waals surface area contributed by atoms with Crippen LogP contribution in [0.3, 0.4) is 0 Å². The van der Waals surface area contributed by atoms with E-state index >= 15 is 0 Å². The van der Waals surface area contributed by atoms with Gasteiger partial charge in [-0.15, -0.1) is 0 Å². The molecule has 19 heavy (non-hydrogen) atoms. The maximum atomic E-state index is 9.03. The van der Waals surface area contributed by atoms with E-state index in [0.717, 1.165) is 45.8 Å². The van der Waals surface area contributed by atoms with Gasteiger partial charge in [-0.3, -0.25) is 9.58 Å². The molecule has 1 aromatic rings. The Morgan fingerprint density at radius 3 is 2.95 bits per heavy atom. The Hall–Kier alpha value is -1.52. The predicted octanol–water partition coefficient (Wildman–Crippen LogP) is -0.534. The van der Waals surface area contributed by atoms with E-state index in [1.807, 2.05) is 0 Å². The molecule has 0 aromatic carbocycles. The summed E-state index contributed by atoms with van der Waals surface area (Å²) >= 11 is 0. The number of anilines is 1. The number of hydrogen-bond donors (Lipinski definition) is 1. The van der Waals surface area contributed by atoms with Crippen molar-refractivity contribution in [2.24, 2.45) is 7.05 Å². The van der Waals surface area contributed by atoms with E-state index in [0.29, 0.717) is 11.4 Å². The van der Waals surface area contributed by atoms with Crippen molar-refractivity contribution in [3.63, 3.8) is 0 Å². The van der Waals surface area contributed by atoms with Gasteiger partial charge in [0.05, 0.1) is 13.2 Å². The zero-order valence-corrected chi connectivity index (χ0v) is 11.2. The quantitative estimate of drug-likeness (QED) is 0.570. The molecule has 0 saturated carbocycles. The van der Waals surface area contributed by atoms with Crippen LogP contribution >= 0.6 is 0 Å². The van der Waals surface area contributed by atoms with E-state index in [9.17, 15) is 0 Å². The number of aromatic nitrogens is 2. The van der Waals surface area contributed by atoms with Gasteiger partial charge in [-0.1, -0.05) is 0 Å². The molecule has 1 fully saturated rings. The van der Waals surface area contributed by atoms with Crippen molar-refractivity contribution in [1.29, 1.82) is 5.26 Å². The minimum atomic E-state index is 0. The Labute approximate surface area is 116 Å². The number of hydrogen-bond acceptors (Lipinski definition) is 5. The van der Waals surface area contributed by atoms with Crippen LogP contribution in [0, 0.1) is 11.3 Å². The number of ether oxygens (including phenoxy) is 1. The van der Waals surface area contributed by atoms with Gasteiger partial charge >= 0.3 is 0 Å². The lowest BCUT2D eigenvalue weighted by molar-refractivity contribution is 0.0378. The molecule has 1 aliphatic rings. The Kier molecular flexibility index (Phi) is 4.83. The van der Waals surface area contributed by atoms with Crippen molar-refractivity contribution in [2.45, 2.75) is 6.42 Å². The molecular weight excluding hydrogens is 241 g/mol. The molecular formula is C12H20BN5O.